The number of nitrogens with zero attached hydrogens (tertiary/aromatic N) is 2. The van der Waals surface area contributed by atoms with E-state index in [1.54, 1.807) is 0 Å². The molecule has 0 saturated carbocycles. The molecule has 0 bridgehead atoms. The molecule has 0 aliphatic heterocycles. The predicted octanol–water partition coefficient (Wildman–Crippen LogP) is 3.59. The monoisotopic (exact) mass is 324 g/mol. The molecule has 0 unspecified atom stereocenters. The Labute approximate surface area is 138 Å². The summed E-state index contributed by atoms with van der Waals surface area (Å²) in [5.74, 6) is -0.0959. The summed E-state index contributed by atoms with van der Waals surface area (Å²) < 4.78 is 0. The molecule has 6 heteroatoms. The topological polar surface area (TPSA) is 70.7 Å². The highest BCUT2D eigenvalue weighted by Gasteiger charge is 2.23. The third-order valence-electron chi connectivity index (χ3n) is 3.28. The van der Waals surface area contributed by atoms with Crippen molar-refractivity contribution < 1.29 is 4.79 Å². The van der Waals surface area contributed by atoms with Gasteiger partial charge in [-0.1, -0.05) is 59.8 Å². The number of aromatic amines is 1. The number of hydrogen-bond acceptors (Lipinski definition) is 4. The molecule has 0 saturated heterocycles. The van der Waals surface area contributed by atoms with Gasteiger partial charge in [0.25, 0.3) is 0 Å². The van der Waals surface area contributed by atoms with Crippen molar-refractivity contribution >= 4 is 23.4 Å². The molecule has 1 atom stereocenters. The molecule has 2 aromatic carbocycles. The first-order chi connectivity index (χ1) is 11.2. The summed E-state index contributed by atoms with van der Waals surface area (Å²) in [5, 5.41) is 9.77. The summed E-state index contributed by atoms with van der Waals surface area (Å²) in [4.78, 5) is 16.8. The molecule has 3 rings (SSSR count). The minimum Gasteiger partial charge on any atom is -0.325 e. The van der Waals surface area contributed by atoms with Crippen molar-refractivity contribution in [3.8, 4) is 0 Å². The first-order valence-corrected chi connectivity index (χ1v) is 8.05. The van der Waals surface area contributed by atoms with Gasteiger partial charge in [0, 0.05) is 5.69 Å². The van der Waals surface area contributed by atoms with Crippen molar-refractivity contribution in [2.24, 2.45) is 0 Å². The van der Waals surface area contributed by atoms with Gasteiger partial charge in [0.15, 0.2) is 5.16 Å². The quantitative estimate of drug-likeness (QED) is 0.704. The Morgan fingerprint density at radius 2 is 1.87 bits per heavy atom. The number of carbonyl (C=O) groups is 1. The largest absolute Gasteiger partial charge is 0.325 e. The summed E-state index contributed by atoms with van der Waals surface area (Å²) in [6.45, 7) is 2.01. The number of amides is 1. The molecule has 23 heavy (non-hydrogen) atoms. The lowest BCUT2D eigenvalue weighted by molar-refractivity contribution is -0.115. The second kappa shape index (κ2) is 7.11. The Hall–Kier alpha value is -2.60. The summed E-state index contributed by atoms with van der Waals surface area (Å²) >= 11 is 1.34. The number of anilines is 1. The van der Waals surface area contributed by atoms with E-state index in [4.69, 9.17) is 0 Å². The first-order valence-electron chi connectivity index (χ1n) is 7.17. The van der Waals surface area contributed by atoms with Gasteiger partial charge in [-0.05, 0) is 24.6 Å². The Morgan fingerprint density at radius 1 is 1.13 bits per heavy atom. The molecular weight excluding hydrogens is 308 g/mol. The van der Waals surface area contributed by atoms with Gasteiger partial charge < -0.3 is 5.32 Å². The van der Waals surface area contributed by atoms with Crippen molar-refractivity contribution in [3.63, 3.8) is 0 Å². The van der Waals surface area contributed by atoms with E-state index in [2.05, 4.69) is 20.5 Å². The minimum atomic E-state index is -0.412. The standard InChI is InChI=1S/C17H16N4OS/c1-12-7-9-14(10-8-12)20-16(22)15(13-5-3-2-4-6-13)23-17-18-11-19-21-17/h2-11,15H,1H3,(H,20,22)(H,18,19,21)/t15-/m0/s1. The van der Waals surface area contributed by atoms with E-state index < -0.39 is 5.25 Å². The molecule has 0 radical (unpaired) electrons. The third kappa shape index (κ3) is 3.98. The van der Waals surface area contributed by atoms with Gasteiger partial charge >= 0.3 is 0 Å². The van der Waals surface area contributed by atoms with E-state index in [1.807, 2.05) is 61.5 Å². The summed E-state index contributed by atoms with van der Waals surface area (Å²) in [7, 11) is 0. The lowest BCUT2D eigenvalue weighted by atomic mass is 10.1. The fraction of sp³-hybridized carbons (Fsp3) is 0.118. The first kappa shape index (κ1) is 15.3. The third-order valence-corrected chi connectivity index (χ3v) is 4.42. The van der Waals surface area contributed by atoms with Crippen LogP contribution in [0.2, 0.25) is 0 Å². The van der Waals surface area contributed by atoms with Gasteiger partial charge in [0.1, 0.15) is 11.6 Å². The van der Waals surface area contributed by atoms with Crippen LogP contribution in [0.5, 0.6) is 0 Å². The van der Waals surface area contributed by atoms with Crippen LogP contribution < -0.4 is 5.32 Å². The predicted molar refractivity (Wildman–Crippen MR) is 91.2 cm³/mol. The molecule has 1 amide bonds. The van der Waals surface area contributed by atoms with Gasteiger partial charge in [-0.2, -0.15) is 5.10 Å². The zero-order valence-corrected chi connectivity index (χ0v) is 13.4. The Morgan fingerprint density at radius 3 is 2.52 bits per heavy atom. The molecule has 2 N–H and O–H groups in total. The fourth-order valence-corrected chi connectivity index (χ4v) is 3.00. The van der Waals surface area contributed by atoms with Gasteiger partial charge in [-0.25, -0.2) is 4.98 Å². The van der Waals surface area contributed by atoms with Crippen LogP contribution in [0.25, 0.3) is 0 Å². The van der Waals surface area contributed by atoms with Crippen LogP contribution in [0, 0.1) is 6.92 Å². The molecule has 0 spiro atoms. The van der Waals surface area contributed by atoms with E-state index in [-0.39, 0.29) is 5.91 Å². The van der Waals surface area contributed by atoms with Gasteiger partial charge in [-0.3, -0.25) is 9.89 Å². The van der Waals surface area contributed by atoms with Crippen LogP contribution in [0.3, 0.4) is 0 Å². The van der Waals surface area contributed by atoms with E-state index in [9.17, 15) is 4.79 Å². The fourth-order valence-electron chi connectivity index (χ4n) is 2.11. The van der Waals surface area contributed by atoms with E-state index in [0.717, 1.165) is 16.8 Å². The maximum atomic E-state index is 12.7. The number of nitrogens with one attached hydrogen (secondary N) is 2. The maximum Gasteiger partial charge on any atom is 0.242 e. The number of hydrogen-bond donors (Lipinski definition) is 2. The average molecular weight is 324 g/mol. The number of H-pyrrole nitrogens is 1. The van der Waals surface area contributed by atoms with Gasteiger partial charge in [-0.15, -0.1) is 0 Å². The van der Waals surface area contributed by atoms with Crippen LogP contribution >= 0.6 is 11.8 Å². The molecule has 116 valence electrons. The molecule has 1 heterocycles. The average Bonchev–Trinajstić information content (AvgIpc) is 3.09. The highest BCUT2D eigenvalue weighted by molar-refractivity contribution is 8.00. The van der Waals surface area contributed by atoms with Crippen molar-refractivity contribution in [3.05, 3.63) is 72.1 Å². The zero-order valence-electron chi connectivity index (χ0n) is 12.6. The van der Waals surface area contributed by atoms with E-state index in [1.165, 1.54) is 18.1 Å². The Bertz CT molecular complexity index is 757. The number of aromatic nitrogens is 3. The molecule has 0 aliphatic carbocycles. The lowest BCUT2D eigenvalue weighted by Crippen LogP contribution is -2.19. The van der Waals surface area contributed by atoms with Crippen molar-refractivity contribution in [2.75, 3.05) is 5.32 Å². The summed E-state index contributed by atoms with van der Waals surface area (Å²) in [6.07, 6.45) is 1.43. The number of rotatable bonds is 5. The highest BCUT2D eigenvalue weighted by atomic mass is 32.2. The van der Waals surface area contributed by atoms with Crippen LogP contribution in [-0.2, 0) is 4.79 Å². The number of benzene rings is 2. The second-order valence-corrected chi connectivity index (χ2v) is 6.15. The van der Waals surface area contributed by atoms with E-state index in [0.29, 0.717) is 5.16 Å². The molecule has 0 aliphatic rings. The van der Waals surface area contributed by atoms with Crippen LogP contribution in [-0.4, -0.2) is 21.1 Å². The molecule has 1 aromatic heterocycles. The molecule has 0 fully saturated rings. The molecular formula is C17H16N4OS. The van der Waals surface area contributed by atoms with Crippen molar-refractivity contribution in [1.82, 2.24) is 15.2 Å². The smallest absolute Gasteiger partial charge is 0.242 e. The highest BCUT2D eigenvalue weighted by Crippen LogP contribution is 2.34. The van der Waals surface area contributed by atoms with Gasteiger partial charge in [0.05, 0.1) is 0 Å². The second-order valence-electron chi connectivity index (χ2n) is 5.05. The Balaban J connectivity index is 1.82. The zero-order chi connectivity index (χ0) is 16.1. The van der Waals surface area contributed by atoms with Gasteiger partial charge in [0.2, 0.25) is 5.91 Å². The Kier molecular flexibility index (Phi) is 4.73. The lowest BCUT2D eigenvalue weighted by Gasteiger charge is -2.15. The van der Waals surface area contributed by atoms with Crippen molar-refractivity contribution in [1.29, 1.82) is 0 Å². The maximum absolute atomic E-state index is 12.7. The molecule has 3 aromatic rings. The minimum absolute atomic E-state index is 0.0959. The van der Waals surface area contributed by atoms with Crippen molar-refractivity contribution in [2.45, 2.75) is 17.3 Å². The van der Waals surface area contributed by atoms with Crippen LogP contribution in [0.4, 0.5) is 5.69 Å². The van der Waals surface area contributed by atoms with E-state index >= 15 is 0 Å². The SMILES string of the molecule is Cc1ccc(NC(=O)[C@@H](Sc2ncn[nH]2)c2ccccc2)cc1. The summed E-state index contributed by atoms with van der Waals surface area (Å²) in [5.41, 5.74) is 2.84. The normalized spacial score (nSPS) is 11.9. The number of thioether (sulfide) groups is 1. The summed E-state index contributed by atoms with van der Waals surface area (Å²) in [6, 6.07) is 17.4. The van der Waals surface area contributed by atoms with Crippen LogP contribution in [0.15, 0.2) is 66.1 Å². The number of aryl methyl sites for hydroxylation is 1. The van der Waals surface area contributed by atoms with Crippen LogP contribution in [0.1, 0.15) is 16.4 Å². The molecule has 5 nitrogen and oxygen atoms in total. The number of carbonyl (C=O) groups excluding carboxylic acids is 1.